The van der Waals surface area contributed by atoms with E-state index >= 15 is 0 Å². The van der Waals surface area contributed by atoms with Gasteiger partial charge in [0, 0.05) is 57.9 Å². The van der Waals surface area contributed by atoms with E-state index in [1.165, 1.54) is 23.7 Å². The number of aromatic amines is 1. The maximum absolute atomic E-state index is 14.3. The molecule has 31 heavy (non-hydrogen) atoms. The van der Waals surface area contributed by atoms with E-state index in [4.69, 9.17) is 12.2 Å². The zero-order valence-corrected chi connectivity index (χ0v) is 18.3. The number of aromatic nitrogens is 2. The van der Waals surface area contributed by atoms with Crippen LogP contribution in [0.4, 0.5) is 10.1 Å². The molecule has 7 nitrogen and oxygen atoms in total. The van der Waals surface area contributed by atoms with Gasteiger partial charge < -0.3 is 15.2 Å². The number of piperazine rings is 1. The first kappa shape index (κ1) is 21.2. The number of amides is 1. The highest BCUT2D eigenvalue weighted by atomic mass is 32.1. The van der Waals surface area contributed by atoms with Crippen LogP contribution in [0.5, 0.6) is 0 Å². The minimum atomic E-state index is -0.515. The molecule has 4 rings (SSSR count). The van der Waals surface area contributed by atoms with E-state index in [-0.39, 0.29) is 11.3 Å². The number of nitrogens with one attached hydrogen (secondary N) is 2. The van der Waals surface area contributed by atoms with Crippen LogP contribution in [0, 0.1) is 10.5 Å². The summed E-state index contributed by atoms with van der Waals surface area (Å²) in [5, 5.41) is 3.30. The Morgan fingerprint density at radius 1 is 1.16 bits per heavy atom. The van der Waals surface area contributed by atoms with Crippen LogP contribution >= 0.6 is 12.2 Å². The van der Waals surface area contributed by atoms with Gasteiger partial charge in [-0.25, -0.2) is 9.18 Å². The van der Waals surface area contributed by atoms with E-state index in [2.05, 4.69) is 20.1 Å². The van der Waals surface area contributed by atoms with Gasteiger partial charge in [0.15, 0.2) is 0 Å². The lowest BCUT2D eigenvalue weighted by Gasteiger charge is -2.36. The van der Waals surface area contributed by atoms with Crippen LogP contribution < -0.4 is 15.9 Å². The molecule has 162 valence electrons. The second-order valence-electron chi connectivity index (χ2n) is 7.68. The number of hydrogen-bond acceptors (Lipinski definition) is 5. The van der Waals surface area contributed by atoms with Gasteiger partial charge in [-0.05, 0) is 35.9 Å². The Morgan fingerprint density at radius 2 is 1.90 bits per heavy atom. The highest BCUT2D eigenvalue weighted by Crippen LogP contribution is 2.21. The minimum Gasteiger partial charge on any atom is -0.369 e. The Bertz CT molecular complexity index is 1260. The van der Waals surface area contributed by atoms with Gasteiger partial charge in [-0.1, -0.05) is 18.3 Å². The molecule has 1 saturated heterocycles. The Morgan fingerprint density at radius 3 is 2.58 bits per heavy atom. The fourth-order valence-corrected chi connectivity index (χ4v) is 4.15. The molecular formula is C22H24FN5O2S. The average Bonchev–Trinajstić information content (AvgIpc) is 2.77. The number of halogens is 1. The zero-order valence-electron chi connectivity index (χ0n) is 17.4. The molecule has 1 aliphatic heterocycles. The highest BCUT2D eigenvalue weighted by molar-refractivity contribution is 7.71. The van der Waals surface area contributed by atoms with Crippen LogP contribution in [-0.4, -0.2) is 53.6 Å². The van der Waals surface area contributed by atoms with Gasteiger partial charge in [0.2, 0.25) is 0 Å². The van der Waals surface area contributed by atoms with Crippen LogP contribution in [0.1, 0.15) is 15.9 Å². The molecule has 2 N–H and O–H groups in total. The van der Waals surface area contributed by atoms with E-state index in [0.717, 1.165) is 54.9 Å². The summed E-state index contributed by atoms with van der Waals surface area (Å²) in [5.74, 6) is -0.943. The number of rotatable bonds is 4. The number of nitrogens with zero attached hydrogens (tertiary/aromatic N) is 3. The van der Waals surface area contributed by atoms with Crippen molar-refractivity contribution in [1.29, 1.82) is 0 Å². The quantitative estimate of drug-likeness (QED) is 0.609. The Kier molecular flexibility index (Phi) is 5.88. The second kappa shape index (κ2) is 8.60. The number of anilines is 1. The molecule has 0 aliphatic carbocycles. The van der Waals surface area contributed by atoms with Crippen molar-refractivity contribution < 1.29 is 9.18 Å². The van der Waals surface area contributed by atoms with Gasteiger partial charge in [-0.3, -0.25) is 14.3 Å². The van der Waals surface area contributed by atoms with E-state index in [1.807, 2.05) is 18.2 Å². The number of H-pyrrole nitrogens is 1. The van der Waals surface area contributed by atoms with Gasteiger partial charge in [0.1, 0.15) is 10.5 Å². The molecule has 1 aromatic heterocycles. The molecule has 1 fully saturated rings. The number of benzene rings is 2. The molecule has 0 atom stereocenters. The molecule has 3 aromatic rings. The molecule has 9 heteroatoms. The number of fused-ring (bicyclic) bond motifs is 1. The van der Waals surface area contributed by atoms with Crippen molar-refractivity contribution in [1.82, 2.24) is 19.8 Å². The third kappa shape index (κ3) is 4.24. The summed E-state index contributed by atoms with van der Waals surface area (Å²) in [6, 6.07) is 10.7. The van der Waals surface area contributed by atoms with Crippen LogP contribution in [-0.2, 0) is 13.6 Å². The van der Waals surface area contributed by atoms with Crippen LogP contribution in [0.25, 0.3) is 10.9 Å². The first-order valence-electron chi connectivity index (χ1n) is 10.1. The zero-order chi connectivity index (χ0) is 22.1. The molecule has 0 spiro atoms. The Hall–Kier alpha value is -3.04. The molecule has 0 saturated carbocycles. The second-order valence-corrected chi connectivity index (χ2v) is 8.07. The fourth-order valence-electron chi connectivity index (χ4n) is 3.89. The van der Waals surface area contributed by atoms with Crippen molar-refractivity contribution in [3.8, 4) is 0 Å². The first-order chi connectivity index (χ1) is 14.9. The molecular weight excluding hydrogens is 417 g/mol. The molecule has 1 amide bonds. The van der Waals surface area contributed by atoms with Gasteiger partial charge in [-0.15, -0.1) is 0 Å². The van der Waals surface area contributed by atoms with Crippen LogP contribution in [0.15, 0.2) is 41.2 Å². The lowest BCUT2D eigenvalue weighted by atomic mass is 10.1. The normalized spacial score (nSPS) is 14.7. The lowest BCUT2D eigenvalue weighted by molar-refractivity contribution is 0.0959. The monoisotopic (exact) mass is 441 g/mol. The topological polar surface area (TPSA) is 73.4 Å². The van der Waals surface area contributed by atoms with Crippen LogP contribution in [0.3, 0.4) is 0 Å². The van der Waals surface area contributed by atoms with Crippen LogP contribution in [0.2, 0.25) is 0 Å². The molecule has 2 heterocycles. The van der Waals surface area contributed by atoms with E-state index < -0.39 is 11.7 Å². The molecule has 0 bridgehead atoms. The van der Waals surface area contributed by atoms with Gasteiger partial charge in [0.05, 0.1) is 11.1 Å². The van der Waals surface area contributed by atoms with E-state index in [1.54, 1.807) is 13.1 Å². The third-order valence-electron chi connectivity index (χ3n) is 5.73. The summed E-state index contributed by atoms with van der Waals surface area (Å²) in [6.45, 7) is 3.92. The number of carbonyl (C=O) groups excluding carboxylic acids is 1. The standard InChI is InChI=1S/C22H24FN5O2S/c1-24-20(29)16-6-4-15(12-18(16)23)28-9-7-27(8-10-28)13-14-3-5-17-19(11-14)25-22(30)26(2)21(17)31/h3-6,11-12H,7-10,13H2,1-2H3,(H,24,29)(H,25,30). The predicted molar refractivity (Wildman–Crippen MR) is 122 cm³/mol. The summed E-state index contributed by atoms with van der Waals surface area (Å²) in [7, 11) is 3.14. The summed E-state index contributed by atoms with van der Waals surface area (Å²) < 4.78 is 16.2. The lowest BCUT2D eigenvalue weighted by Crippen LogP contribution is -2.46. The maximum Gasteiger partial charge on any atom is 0.326 e. The maximum atomic E-state index is 14.3. The summed E-state index contributed by atoms with van der Waals surface area (Å²) in [4.78, 5) is 31.0. The molecule has 0 radical (unpaired) electrons. The third-order valence-corrected chi connectivity index (χ3v) is 6.23. The van der Waals surface area contributed by atoms with Crippen molar-refractivity contribution in [3.05, 3.63) is 68.5 Å². The smallest absolute Gasteiger partial charge is 0.326 e. The van der Waals surface area contributed by atoms with Gasteiger partial charge >= 0.3 is 5.69 Å². The van der Waals surface area contributed by atoms with E-state index in [9.17, 15) is 14.0 Å². The van der Waals surface area contributed by atoms with Crippen molar-refractivity contribution in [3.63, 3.8) is 0 Å². The van der Waals surface area contributed by atoms with Crippen molar-refractivity contribution in [2.45, 2.75) is 6.54 Å². The summed E-state index contributed by atoms with van der Waals surface area (Å²) >= 11 is 5.36. The predicted octanol–water partition coefficient (Wildman–Crippen LogP) is 2.42. The highest BCUT2D eigenvalue weighted by Gasteiger charge is 2.19. The minimum absolute atomic E-state index is 0.0510. The molecule has 1 aliphatic rings. The van der Waals surface area contributed by atoms with Gasteiger partial charge in [0.25, 0.3) is 5.91 Å². The molecule has 0 unspecified atom stereocenters. The Balaban J connectivity index is 1.43. The Labute approximate surface area is 184 Å². The number of carbonyl (C=O) groups is 1. The largest absolute Gasteiger partial charge is 0.369 e. The molecule has 2 aromatic carbocycles. The average molecular weight is 442 g/mol. The van der Waals surface area contributed by atoms with Crippen molar-refractivity contribution in [2.75, 3.05) is 38.1 Å². The van der Waals surface area contributed by atoms with Crippen molar-refractivity contribution in [2.24, 2.45) is 7.05 Å². The summed E-state index contributed by atoms with van der Waals surface area (Å²) in [5.41, 5.74) is 2.45. The summed E-state index contributed by atoms with van der Waals surface area (Å²) in [6.07, 6.45) is 0. The first-order valence-corrected chi connectivity index (χ1v) is 10.5. The fraction of sp³-hybridized carbons (Fsp3) is 0.318. The van der Waals surface area contributed by atoms with E-state index in [0.29, 0.717) is 4.64 Å². The van der Waals surface area contributed by atoms with Crippen molar-refractivity contribution >= 4 is 34.7 Å². The SMILES string of the molecule is CNC(=O)c1ccc(N2CCN(Cc3ccc4c(=S)n(C)c(=O)[nH]c4c3)CC2)cc1F. The number of hydrogen-bond donors (Lipinski definition) is 2. The van der Waals surface area contributed by atoms with Gasteiger partial charge in [-0.2, -0.15) is 0 Å².